The first-order valence-electron chi connectivity index (χ1n) is 5.29. The Balaban J connectivity index is 2.28. The maximum Gasteiger partial charge on any atom is 0.224 e. The summed E-state index contributed by atoms with van der Waals surface area (Å²) >= 11 is 9.15. The van der Waals surface area contributed by atoms with Gasteiger partial charge in [-0.2, -0.15) is 4.98 Å². The Kier molecular flexibility index (Phi) is 4.04. The molecule has 6 heteroatoms. The summed E-state index contributed by atoms with van der Waals surface area (Å²) in [5.41, 5.74) is 2.05. The van der Waals surface area contributed by atoms with Crippen molar-refractivity contribution < 1.29 is 0 Å². The zero-order valence-electron chi connectivity index (χ0n) is 9.98. The van der Waals surface area contributed by atoms with Crippen LogP contribution in [0.25, 0.3) is 0 Å². The van der Waals surface area contributed by atoms with Gasteiger partial charge in [0.2, 0.25) is 5.28 Å². The summed E-state index contributed by atoms with van der Waals surface area (Å²) in [6.45, 7) is 0. The van der Waals surface area contributed by atoms with Gasteiger partial charge in [-0.15, -0.1) is 0 Å². The number of benzene rings is 1. The summed E-state index contributed by atoms with van der Waals surface area (Å²) in [6, 6.07) is 8.01. The van der Waals surface area contributed by atoms with Crippen LogP contribution in [0.3, 0.4) is 0 Å². The van der Waals surface area contributed by atoms with Crippen LogP contribution in [-0.4, -0.2) is 24.1 Å². The van der Waals surface area contributed by atoms with Crippen LogP contribution in [-0.2, 0) is 0 Å². The number of rotatable bonds is 3. The Morgan fingerprint density at radius 1 is 1.33 bits per heavy atom. The quantitative estimate of drug-likeness (QED) is 0.873. The molecule has 0 saturated heterocycles. The van der Waals surface area contributed by atoms with Crippen molar-refractivity contribution in [2.75, 3.05) is 24.3 Å². The van der Waals surface area contributed by atoms with Gasteiger partial charge in [0, 0.05) is 31.7 Å². The van der Waals surface area contributed by atoms with Crippen molar-refractivity contribution in [2.45, 2.75) is 0 Å². The van der Waals surface area contributed by atoms with Crippen LogP contribution in [0.2, 0.25) is 5.28 Å². The van der Waals surface area contributed by atoms with E-state index in [2.05, 4.69) is 31.2 Å². The molecule has 2 rings (SSSR count). The molecule has 0 aliphatic carbocycles. The average molecular weight is 328 g/mol. The van der Waals surface area contributed by atoms with Crippen molar-refractivity contribution in [1.29, 1.82) is 0 Å². The van der Waals surface area contributed by atoms with Gasteiger partial charge < -0.3 is 10.2 Å². The molecule has 1 N–H and O–H groups in total. The molecule has 0 saturated carbocycles. The number of aromatic nitrogens is 2. The average Bonchev–Trinajstić information content (AvgIpc) is 2.34. The second kappa shape index (κ2) is 5.54. The second-order valence-electron chi connectivity index (χ2n) is 3.91. The fraction of sp³-hybridized carbons (Fsp3) is 0.167. The van der Waals surface area contributed by atoms with Gasteiger partial charge in [-0.05, 0) is 45.7 Å². The van der Waals surface area contributed by atoms with Gasteiger partial charge in [0.1, 0.15) is 5.82 Å². The maximum absolute atomic E-state index is 5.77. The molecule has 0 amide bonds. The normalized spacial score (nSPS) is 10.2. The highest BCUT2D eigenvalue weighted by Crippen LogP contribution is 2.26. The SMILES string of the molecule is CN(C)c1cccc(Nc2nc(Cl)ncc2Br)c1. The highest BCUT2D eigenvalue weighted by Gasteiger charge is 2.05. The van der Waals surface area contributed by atoms with Crippen LogP contribution in [0.15, 0.2) is 34.9 Å². The Morgan fingerprint density at radius 3 is 2.83 bits per heavy atom. The molecule has 1 aromatic heterocycles. The van der Waals surface area contributed by atoms with Crippen molar-refractivity contribution in [1.82, 2.24) is 9.97 Å². The Hall–Kier alpha value is -1.33. The van der Waals surface area contributed by atoms with Crippen LogP contribution in [0.5, 0.6) is 0 Å². The van der Waals surface area contributed by atoms with Crippen LogP contribution in [0.1, 0.15) is 0 Å². The molecule has 0 bridgehead atoms. The fourth-order valence-corrected chi connectivity index (χ4v) is 1.86. The van der Waals surface area contributed by atoms with Crippen molar-refractivity contribution >= 4 is 44.7 Å². The molecule has 0 aliphatic rings. The molecule has 0 unspecified atom stereocenters. The number of anilines is 3. The summed E-state index contributed by atoms with van der Waals surface area (Å²) in [6.07, 6.45) is 1.62. The standard InChI is InChI=1S/C12H12BrClN4/c1-18(2)9-5-3-4-8(6-9)16-11-10(13)7-15-12(14)17-11/h3-7H,1-2H3,(H,15,16,17). The zero-order valence-corrected chi connectivity index (χ0v) is 12.3. The minimum atomic E-state index is 0.212. The Bertz CT molecular complexity index is 560. The van der Waals surface area contributed by atoms with E-state index in [1.54, 1.807) is 6.20 Å². The van der Waals surface area contributed by atoms with Gasteiger partial charge in [-0.1, -0.05) is 6.07 Å². The maximum atomic E-state index is 5.77. The lowest BCUT2D eigenvalue weighted by Crippen LogP contribution is -2.08. The third-order valence-corrected chi connectivity index (χ3v) is 3.10. The summed E-state index contributed by atoms with van der Waals surface area (Å²) in [4.78, 5) is 10.0. The van der Waals surface area contributed by atoms with Crippen molar-refractivity contribution in [2.24, 2.45) is 0 Å². The fourth-order valence-electron chi connectivity index (χ4n) is 1.43. The van der Waals surface area contributed by atoms with Crippen LogP contribution >= 0.6 is 27.5 Å². The lowest BCUT2D eigenvalue weighted by atomic mass is 10.2. The van der Waals surface area contributed by atoms with Crippen molar-refractivity contribution in [3.05, 3.63) is 40.2 Å². The van der Waals surface area contributed by atoms with Gasteiger partial charge >= 0.3 is 0 Å². The zero-order chi connectivity index (χ0) is 13.1. The summed E-state index contributed by atoms with van der Waals surface area (Å²) < 4.78 is 0.766. The minimum Gasteiger partial charge on any atom is -0.378 e. The molecule has 1 aromatic carbocycles. The van der Waals surface area contributed by atoms with E-state index < -0.39 is 0 Å². The predicted molar refractivity (Wildman–Crippen MR) is 78.8 cm³/mol. The minimum absolute atomic E-state index is 0.212. The molecule has 94 valence electrons. The highest BCUT2D eigenvalue weighted by molar-refractivity contribution is 9.10. The first-order chi connectivity index (χ1) is 8.56. The van der Waals surface area contributed by atoms with E-state index in [0.717, 1.165) is 15.8 Å². The van der Waals surface area contributed by atoms with Gasteiger partial charge in [0.25, 0.3) is 0 Å². The molecular formula is C12H12BrClN4. The lowest BCUT2D eigenvalue weighted by Gasteiger charge is -2.14. The Labute approximate surface area is 119 Å². The third kappa shape index (κ3) is 3.11. The van der Waals surface area contributed by atoms with E-state index in [1.165, 1.54) is 0 Å². The molecule has 4 nitrogen and oxygen atoms in total. The highest BCUT2D eigenvalue weighted by atomic mass is 79.9. The summed E-state index contributed by atoms with van der Waals surface area (Å²) in [5.74, 6) is 0.644. The molecule has 0 spiro atoms. The van der Waals surface area contributed by atoms with E-state index in [9.17, 15) is 0 Å². The third-order valence-electron chi connectivity index (χ3n) is 2.34. The number of hydrogen-bond donors (Lipinski definition) is 1. The number of nitrogens with zero attached hydrogens (tertiary/aromatic N) is 3. The van der Waals surface area contributed by atoms with Gasteiger partial charge in [0.15, 0.2) is 0 Å². The van der Waals surface area contributed by atoms with E-state index in [1.807, 2.05) is 43.3 Å². The van der Waals surface area contributed by atoms with Crippen molar-refractivity contribution in [3.63, 3.8) is 0 Å². The molecule has 18 heavy (non-hydrogen) atoms. The monoisotopic (exact) mass is 326 g/mol. The van der Waals surface area contributed by atoms with E-state index in [0.29, 0.717) is 5.82 Å². The van der Waals surface area contributed by atoms with E-state index in [4.69, 9.17) is 11.6 Å². The molecule has 2 aromatic rings. The van der Waals surface area contributed by atoms with Gasteiger partial charge in [-0.25, -0.2) is 4.98 Å². The smallest absolute Gasteiger partial charge is 0.224 e. The molecule has 0 aliphatic heterocycles. The first kappa shape index (κ1) is 13.1. The van der Waals surface area contributed by atoms with E-state index >= 15 is 0 Å². The molecule has 0 atom stereocenters. The van der Waals surface area contributed by atoms with Crippen LogP contribution in [0, 0.1) is 0 Å². The van der Waals surface area contributed by atoms with Gasteiger partial charge in [-0.3, -0.25) is 0 Å². The summed E-state index contributed by atoms with van der Waals surface area (Å²) in [5, 5.41) is 3.41. The van der Waals surface area contributed by atoms with Crippen LogP contribution < -0.4 is 10.2 Å². The second-order valence-corrected chi connectivity index (χ2v) is 5.10. The lowest BCUT2D eigenvalue weighted by molar-refractivity contribution is 1.13. The van der Waals surface area contributed by atoms with E-state index in [-0.39, 0.29) is 5.28 Å². The van der Waals surface area contributed by atoms with Gasteiger partial charge in [0.05, 0.1) is 4.47 Å². The predicted octanol–water partition coefficient (Wildman–Crippen LogP) is 3.70. The molecule has 0 fully saturated rings. The first-order valence-corrected chi connectivity index (χ1v) is 6.46. The largest absolute Gasteiger partial charge is 0.378 e. The number of nitrogens with one attached hydrogen (secondary N) is 1. The topological polar surface area (TPSA) is 41.0 Å². The number of hydrogen-bond acceptors (Lipinski definition) is 4. The Morgan fingerprint density at radius 2 is 2.11 bits per heavy atom. The summed E-state index contributed by atoms with van der Waals surface area (Å²) in [7, 11) is 3.99. The molecule has 0 radical (unpaired) electrons. The van der Waals surface area contributed by atoms with Crippen LogP contribution in [0.4, 0.5) is 17.2 Å². The molecular weight excluding hydrogens is 316 g/mol. The molecule has 1 heterocycles. The number of halogens is 2. The van der Waals surface area contributed by atoms with Crippen molar-refractivity contribution in [3.8, 4) is 0 Å².